The van der Waals surface area contributed by atoms with E-state index < -0.39 is 24.2 Å². The third-order valence-electron chi connectivity index (χ3n) is 3.03. The molecule has 0 aromatic carbocycles. The van der Waals surface area contributed by atoms with E-state index in [2.05, 4.69) is 4.74 Å². The van der Waals surface area contributed by atoms with E-state index in [0.29, 0.717) is 0 Å². The molecule has 1 atom stereocenters. The van der Waals surface area contributed by atoms with Gasteiger partial charge in [-0.05, 0) is 25.7 Å². The Morgan fingerprint density at radius 3 is 1.94 bits per heavy atom. The second-order valence-corrected chi connectivity index (χ2v) is 4.95. The molecule has 2 nitrogen and oxygen atoms in total. The molecule has 0 aromatic heterocycles. The maximum absolute atomic E-state index is 11.9. The zero-order valence-corrected chi connectivity index (χ0v) is 10.3. The van der Waals surface area contributed by atoms with Crippen molar-refractivity contribution in [2.24, 2.45) is 17.3 Å². The maximum Gasteiger partial charge on any atom is 0.422 e. The highest BCUT2D eigenvalue weighted by Crippen LogP contribution is 2.33. The summed E-state index contributed by atoms with van der Waals surface area (Å²) in [7, 11) is 0. The lowest BCUT2D eigenvalue weighted by Crippen LogP contribution is -2.37. The maximum atomic E-state index is 11.9. The molecule has 0 aromatic rings. The van der Waals surface area contributed by atoms with Crippen LogP contribution in [0.15, 0.2) is 0 Å². The minimum absolute atomic E-state index is 0.0479. The van der Waals surface area contributed by atoms with Gasteiger partial charge < -0.3 is 4.74 Å². The molecule has 0 bridgehead atoms. The van der Waals surface area contributed by atoms with Crippen LogP contribution < -0.4 is 0 Å². The molecule has 0 radical (unpaired) electrons. The van der Waals surface area contributed by atoms with Gasteiger partial charge in [0.15, 0.2) is 6.61 Å². The van der Waals surface area contributed by atoms with Gasteiger partial charge in [0.25, 0.3) is 0 Å². The van der Waals surface area contributed by atoms with E-state index in [1.165, 1.54) is 0 Å². The van der Waals surface area contributed by atoms with Crippen molar-refractivity contribution in [2.75, 3.05) is 6.61 Å². The molecule has 96 valence electrons. The monoisotopic (exact) mass is 240 g/mol. The molecule has 0 saturated heterocycles. The molecule has 0 aliphatic carbocycles. The van der Waals surface area contributed by atoms with Gasteiger partial charge in [-0.25, -0.2) is 0 Å². The number of hydrogen-bond acceptors (Lipinski definition) is 2. The van der Waals surface area contributed by atoms with Crippen LogP contribution in [-0.2, 0) is 9.53 Å². The van der Waals surface area contributed by atoms with Crippen molar-refractivity contribution in [3.8, 4) is 0 Å². The number of halogens is 3. The number of carbonyl (C=O) groups is 1. The van der Waals surface area contributed by atoms with Crippen molar-refractivity contribution < 1.29 is 22.7 Å². The molecule has 0 unspecified atom stereocenters. The van der Waals surface area contributed by atoms with Gasteiger partial charge in [-0.2, -0.15) is 13.2 Å². The quantitative estimate of drug-likeness (QED) is 0.704. The Balaban J connectivity index is 4.47. The molecule has 0 rings (SSSR count). The van der Waals surface area contributed by atoms with Gasteiger partial charge >= 0.3 is 12.1 Å². The Bertz CT molecular complexity index is 244. The van der Waals surface area contributed by atoms with E-state index in [-0.39, 0.29) is 11.8 Å². The van der Waals surface area contributed by atoms with Crippen LogP contribution in [0.25, 0.3) is 0 Å². The second-order valence-electron chi connectivity index (χ2n) is 4.95. The number of alkyl halides is 3. The summed E-state index contributed by atoms with van der Waals surface area (Å²) in [6.45, 7) is 7.37. The summed E-state index contributed by atoms with van der Waals surface area (Å²) in [5.74, 6) is -0.646. The third kappa shape index (κ3) is 4.41. The summed E-state index contributed by atoms with van der Waals surface area (Å²) in [5.41, 5.74) is -0.903. The van der Waals surface area contributed by atoms with Gasteiger partial charge in [0.1, 0.15) is 0 Å². The highest BCUT2D eigenvalue weighted by molar-refractivity contribution is 5.76. The van der Waals surface area contributed by atoms with Crippen molar-refractivity contribution in [3.63, 3.8) is 0 Å². The average Bonchev–Trinajstić information content (AvgIpc) is 2.11. The largest absolute Gasteiger partial charge is 0.456 e. The first-order chi connectivity index (χ1) is 6.98. The fourth-order valence-corrected chi connectivity index (χ4v) is 1.35. The van der Waals surface area contributed by atoms with Crippen molar-refractivity contribution in [3.05, 3.63) is 0 Å². The lowest BCUT2D eigenvalue weighted by molar-refractivity contribution is -0.194. The summed E-state index contributed by atoms with van der Waals surface area (Å²) in [5, 5.41) is 0. The normalized spacial score (nSPS) is 15.1. The van der Waals surface area contributed by atoms with Crippen LogP contribution >= 0.6 is 0 Å². The Morgan fingerprint density at radius 1 is 1.19 bits per heavy atom. The van der Waals surface area contributed by atoms with E-state index in [1.807, 2.05) is 20.8 Å². The summed E-state index contributed by atoms with van der Waals surface area (Å²) >= 11 is 0. The molecular formula is C11H19F3O2. The Labute approximate surface area is 94.2 Å². The molecule has 0 N–H and O–H groups in total. The van der Waals surface area contributed by atoms with E-state index in [9.17, 15) is 18.0 Å². The third-order valence-corrected chi connectivity index (χ3v) is 3.03. The highest BCUT2D eigenvalue weighted by Gasteiger charge is 2.39. The fourth-order valence-electron chi connectivity index (χ4n) is 1.35. The number of hydrogen-bond donors (Lipinski definition) is 0. The molecule has 0 fully saturated rings. The first kappa shape index (κ1) is 15.3. The van der Waals surface area contributed by atoms with Crippen LogP contribution in [-0.4, -0.2) is 18.8 Å². The van der Waals surface area contributed by atoms with Crippen molar-refractivity contribution >= 4 is 5.97 Å². The van der Waals surface area contributed by atoms with Crippen LogP contribution in [0.2, 0.25) is 0 Å². The van der Waals surface area contributed by atoms with E-state index >= 15 is 0 Å². The lowest BCUT2D eigenvalue weighted by Gasteiger charge is -2.32. The first-order valence-electron chi connectivity index (χ1n) is 5.22. The SMILES string of the molecule is CC(C)[C@@H](C)C(C)(C)C(=O)OCC(F)(F)F. The standard InChI is InChI=1S/C11H19F3O2/c1-7(2)8(3)10(4,5)9(15)16-6-11(12,13)14/h7-8H,6H2,1-5H3/t8-/m1/s1. The number of carbonyl (C=O) groups excluding carboxylic acids is 1. The zero-order valence-electron chi connectivity index (χ0n) is 10.3. The van der Waals surface area contributed by atoms with Crippen molar-refractivity contribution in [2.45, 2.75) is 40.8 Å². The first-order valence-corrected chi connectivity index (χ1v) is 5.22. The van der Waals surface area contributed by atoms with E-state index in [4.69, 9.17) is 0 Å². The van der Waals surface area contributed by atoms with Crippen molar-refractivity contribution in [1.29, 1.82) is 0 Å². The van der Waals surface area contributed by atoms with Crippen molar-refractivity contribution in [1.82, 2.24) is 0 Å². The average molecular weight is 240 g/mol. The number of rotatable bonds is 4. The molecule has 16 heavy (non-hydrogen) atoms. The van der Waals surface area contributed by atoms with E-state index in [1.54, 1.807) is 13.8 Å². The Kier molecular flexibility index (Phi) is 4.83. The Hall–Kier alpha value is -0.740. The topological polar surface area (TPSA) is 26.3 Å². The minimum atomic E-state index is -4.47. The van der Waals surface area contributed by atoms with Crippen LogP contribution in [0.4, 0.5) is 13.2 Å². The summed E-state index contributed by atoms with van der Waals surface area (Å²) in [4.78, 5) is 11.5. The Morgan fingerprint density at radius 2 is 1.62 bits per heavy atom. The minimum Gasteiger partial charge on any atom is -0.456 e. The molecule has 0 amide bonds. The molecular weight excluding hydrogens is 221 g/mol. The summed E-state index contributed by atoms with van der Waals surface area (Å²) in [6, 6.07) is 0. The summed E-state index contributed by atoms with van der Waals surface area (Å²) < 4.78 is 39.9. The molecule has 0 saturated carbocycles. The zero-order chi connectivity index (χ0) is 13.1. The van der Waals surface area contributed by atoms with Gasteiger partial charge in [0.05, 0.1) is 5.41 Å². The van der Waals surface area contributed by atoms with Crippen LogP contribution in [0.5, 0.6) is 0 Å². The predicted octanol–water partition coefficient (Wildman–Crippen LogP) is 3.41. The number of ether oxygens (including phenoxy) is 1. The van der Waals surface area contributed by atoms with Gasteiger partial charge in [0, 0.05) is 0 Å². The smallest absolute Gasteiger partial charge is 0.422 e. The van der Waals surface area contributed by atoms with Crippen LogP contribution in [0.3, 0.4) is 0 Å². The fraction of sp³-hybridized carbons (Fsp3) is 0.909. The second kappa shape index (κ2) is 5.06. The molecule has 5 heteroatoms. The molecule has 0 spiro atoms. The molecule has 0 heterocycles. The van der Waals surface area contributed by atoms with Crippen LogP contribution in [0.1, 0.15) is 34.6 Å². The summed E-state index contributed by atoms with van der Waals surface area (Å²) in [6.07, 6.45) is -4.47. The predicted molar refractivity (Wildman–Crippen MR) is 54.8 cm³/mol. The highest BCUT2D eigenvalue weighted by atomic mass is 19.4. The van der Waals surface area contributed by atoms with E-state index in [0.717, 1.165) is 0 Å². The van der Waals surface area contributed by atoms with Crippen LogP contribution in [0, 0.1) is 17.3 Å². The van der Waals surface area contributed by atoms with Gasteiger partial charge in [0.2, 0.25) is 0 Å². The van der Waals surface area contributed by atoms with Gasteiger partial charge in [-0.15, -0.1) is 0 Å². The lowest BCUT2D eigenvalue weighted by atomic mass is 9.74. The van der Waals surface area contributed by atoms with Gasteiger partial charge in [-0.3, -0.25) is 4.79 Å². The number of esters is 1. The molecule has 0 aliphatic heterocycles. The molecule has 0 aliphatic rings. The van der Waals surface area contributed by atoms with Gasteiger partial charge in [-0.1, -0.05) is 20.8 Å².